The quantitative estimate of drug-likeness (QED) is 0.687. The lowest BCUT2D eigenvalue weighted by atomic mass is 10.2. The highest BCUT2D eigenvalue weighted by atomic mass is 35.5. The van der Waals surface area contributed by atoms with Gasteiger partial charge in [-0.2, -0.15) is 0 Å². The third-order valence-electron chi connectivity index (χ3n) is 3.95. The molecule has 0 bridgehead atoms. The summed E-state index contributed by atoms with van der Waals surface area (Å²) in [7, 11) is -4.01. The number of benzene rings is 2. The molecule has 7 nitrogen and oxygen atoms in total. The van der Waals surface area contributed by atoms with Crippen LogP contribution in [-0.2, 0) is 26.1 Å². The summed E-state index contributed by atoms with van der Waals surface area (Å²) in [6.07, 6.45) is 0. The van der Waals surface area contributed by atoms with Crippen LogP contribution in [0.2, 0.25) is 5.02 Å². The van der Waals surface area contributed by atoms with Gasteiger partial charge < -0.3 is 9.64 Å². The Kier molecular flexibility index (Phi) is 7.17. The molecule has 2 rings (SSSR count). The first-order valence-corrected chi connectivity index (χ1v) is 10.3. The van der Waals surface area contributed by atoms with Crippen LogP contribution in [0.1, 0.15) is 29.8 Å². The summed E-state index contributed by atoms with van der Waals surface area (Å²) < 4.78 is 27.9. The molecule has 0 heterocycles. The van der Waals surface area contributed by atoms with E-state index in [1.807, 2.05) is 44.2 Å². The van der Waals surface area contributed by atoms with E-state index in [4.69, 9.17) is 21.5 Å². The second-order valence-corrected chi connectivity index (χ2v) is 8.33. The summed E-state index contributed by atoms with van der Waals surface area (Å²) in [4.78, 5) is 26.1. The van der Waals surface area contributed by atoms with E-state index in [9.17, 15) is 18.0 Å². The number of carbonyl (C=O) groups is 2. The first-order valence-electron chi connectivity index (χ1n) is 8.42. The van der Waals surface area contributed by atoms with Crippen LogP contribution in [0.3, 0.4) is 0 Å². The first kappa shape index (κ1) is 21.9. The van der Waals surface area contributed by atoms with Gasteiger partial charge in [0.2, 0.25) is 10.0 Å². The molecule has 0 aromatic heterocycles. The van der Waals surface area contributed by atoms with Gasteiger partial charge in [0.1, 0.15) is 0 Å². The van der Waals surface area contributed by atoms with Gasteiger partial charge in [0.25, 0.3) is 5.91 Å². The SMILES string of the molecule is CC(C)N(Cc1ccccc1)C(=O)COC(=O)c1cc(S(N)(=O)=O)ccc1Cl. The minimum atomic E-state index is -4.01. The van der Waals surface area contributed by atoms with Crippen molar-refractivity contribution >= 4 is 33.5 Å². The molecule has 0 saturated carbocycles. The summed E-state index contributed by atoms with van der Waals surface area (Å²) in [6, 6.07) is 12.7. The van der Waals surface area contributed by atoms with Crippen molar-refractivity contribution in [3.8, 4) is 0 Å². The molecular formula is C19H21ClN2O5S. The molecule has 150 valence electrons. The lowest BCUT2D eigenvalue weighted by Crippen LogP contribution is -2.39. The molecule has 0 saturated heterocycles. The molecular weight excluding hydrogens is 404 g/mol. The molecule has 2 aromatic rings. The molecule has 0 aliphatic rings. The summed E-state index contributed by atoms with van der Waals surface area (Å²) in [5.74, 6) is -1.29. The van der Waals surface area contributed by atoms with E-state index in [1.165, 1.54) is 12.1 Å². The average Bonchev–Trinajstić information content (AvgIpc) is 2.64. The van der Waals surface area contributed by atoms with E-state index in [2.05, 4.69) is 0 Å². The fraction of sp³-hybridized carbons (Fsp3) is 0.263. The number of esters is 1. The predicted molar refractivity (Wildman–Crippen MR) is 105 cm³/mol. The number of nitrogens with zero attached hydrogens (tertiary/aromatic N) is 1. The van der Waals surface area contributed by atoms with E-state index < -0.39 is 22.6 Å². The van der Waals surface area contributed by atoms with Crippen LogP contribution in [-0.4, -0.2) is 37.8 Å². The molecule has 2 N–H and O–H groups in total. The van der Waals surface area contributed by atoms with Crippen LogP contribution in [0.4, 0.5) is 0 Å². The van der Waals surface area contributed by atoms with E-state index in [-0.39, 0.29) is 27.4 Å². The Morgan fingerprint density at radius 2 is 1.79 bits per heavy atom. The number of ether oxygens (including phenoxy) is 1. The maximum Gasteiger partial charge on any atom is 0.340 e. The standard InChI is InChI=1S/C19H21ClN2O5S/c1-13(2)22(11-14-6-4-3-5-7-14)18(23)12-27-19(24)16-10-15(28(21,25)26)8-9-17(16)20/h3-10,13H,11-12H2,1-2H3,(H2,21,25,26). The molecule has 0 radical (unpaired) electrons. The zero-order valence-corrected chi connectivity index (χ0v) is 17.0. The normalized spacial score (nSPS) is 11.3. The van der Waals surface area contributed by atoms with Crippen molar-refractivity contribution in [2.75, 3.05) is 6.61 Å². The van der Waals surface area contributed by atoms with Crippen LogP contribution in [0.15, 0.2) is 53.4 Å². The van der Waals surface area contributed by atoms with E-state index in [0.717, 1.165) is 11.6 Å². The number of carbonyl (C=O) groups excluding carboxylic acids is 2. The fourth-order valence-corrected chi connectivity index (χ4v) is 3.20. The number of amides is 1. The van der Waals surface area contributed by atoms with Crippen molar-refractivity contribution in [1.29, 1.82) is 0 Å². The van der Waals surface area contributed by atoms with Gasteiger partial charge in [0.15, 0.2) is 6.61 Å². The summed E-state index contributed by atoms with van der Waals surface area (Å²) in [5, 5.41) is 5.06. The molecule has 0 fully saturated rings. The predicted octanol–water partition coefficient (Wildman–Crippen LogP) is 2.58. The van der Waals surface area contributed by atoms with Crippen molar-refractivity contribution in [3.05, 3.63) is 64.7 Å². The van der Waals surface area contributed by atoms with Gasteiger partial charge in [-0.1, -0.05) is 41.9 Å². The maximum absolute atomic E-state index is 12.5. The van der Waals surface area contributed by atoms with E-state index >= 15 is 0 Å². The van der Waals surface area contributed by atoms with Crippen molar-refractivity contribution in [2.45, 2.75) is 31.3 Å². The highest BCUT2D eigenvalue weighted by Crippen LogP contribution is 2.21. The third-order valence-corrected chi connectivity index (χ3v) is 5.19. The van der Waals surface area contributed by atoms with Gasteiger partial charge >= 0.3 is 5.97 Å². The van der Waals surface area contributed by atoms with Crippen LogP contribution < -0.4 is 5.14 Å². The van der Waals surface area contributed by atoms with Gasteiger partial charge in [-0.05, 0) is 37.6 Å². The highest BCUT2D eigenvalue weighted by molar-refractivity contribution is 7.89. The lowest BCUT2D eigenvalue weighted by molar-refractivity contribution is -0.136. The molecule has 9 heteroatoms. The van der Waals surface area contributed by atoms with Crippen molar-refractivity contribution in [1.82, 2.24) is 4.90 Å². The van der Waals surface area contributed by atoms with E-state index in [1.54, 1.807) is 4.90 Å². The Morgan fingerprint density at radius 3 is 2.36 bits per heavy atom. The van der Waals surface area contributed by atoms with Gasteiger partial charge in [0.05, 0.1) is 15.5 Å². The summed E-state index contributed by atoms with van der Waals surface area (Å²) >= 11 is 5.94. The molecule has 0 aliphatic heterocycles. The van der Waals surface area contributed by atoms with Crippen molar-refractivity contribution in [2.24, 2.45) is 5.14 Å². The van der Waals surface area contributed by atoms with Crippen LogP contribution in [0, 0.1) is 0 Å². The molecule has 0 unspecified atom stereocenters. The number of hydrogen-bond donors (Lipinski definition) is 1. The minimum absolute atomic E-state index is 0.00477. The topological polar surface area (TPSA) is 107 Å². The molecule has 2 aromatic carbocycles. The number of hydrogen-bond acceptors (Lipinski definition) is 5. The monoisotopic (exact) mass is 424 g/mol. The molecule has 0 spiro atoms. The zero-order valence-electron chi connectivity index (χ0n) is 15.5. The number of primary sulfonamides is 1. The Balaban J connectivity index is 2.09. The smallest absolute Gasteiger partial charge is 0.340 e. The van der Waals surface area contributed by atoms with Gasteiger partial charge in [0, 0.05) is 12.6 Å². The Bertz CT molecular complexity index is 962. The first-order chi connectivity index (χ1) is 13.1. The Labute approximate surface area is 169 Å². The number of rotatable bonds is 7. The third kappa shape index (κ3) is 5.79. The number of sulfonamides is 1. The average molecular weight is 425 g/mol. The fourth-order valence-electron chi connectivity index (χ4n) is 2.46. The molecule has 28 heavy (non-hydrogen) atoms. The maximum atomic E-state index is 12.5. The minimum Gasteiger partial charge on any atom is -0.452 e. The van der Waals surface area contributed by atoms with Crippen LogP contribution >= 0.6 is 11.6 Å². The second-order valence-electron chi connectivity index (χ2n) is 6.36. The van der Waals surface area contributed by atoms with Crippen LogP contribution in [0.5, 0.6) is 0 Å². The molecule has 1 amide bonds. The number of halogens is 1. The second kappa shape index (κ2) is 9.18. The van der Waals surface area contributed by atoms with Crippen molar-refractivity contribution in [3.63, 3.8) is 0 Å². The Hall–Kier alpha value is -2.42. The summed E-state index contributed by atoms with van der Waals surface area (Å²) in [5.41, 5.74) is 0.764. The number of nitrogens with two attached hydrogens (primary N) is 1. The molecule has 0 aliphatic carbocycles. The zero-order chi connectivity index (χ0) is 20.9. The Morgan fingerprint density at radius 1 is 1.14 bits per heavy atom. The van der Waals surface area contributed by atoms with Crippen LogP contribution in [0.25, 0.3) is 0 Å². The summed E-state index contributed by atoms with van der Waals surface area (Å²) in [6.45, 7) is 3.58. The highest BCUT2D eigenvalue weighted by Gasteiger charge is 2.21. The lowest BCUT2D eigenvalue weighted by Gasteiger charge is -2.26. The molecule has 0 atom stereocenters. The van der Waals surface area contributed by atoms with E-state index in [0.29, 0.717) is 6.54 Å². The van der Waals surface area contributed by atoms with Gasteiger partial charge in [-0.3, -0.25) is 4.79 Å². The van der Waals surface area contributed by atoms with Crippen molar-refractivity contribution < 1.29 is 22.7 Å². The van der Waals surface area contributed by atoms with Gasteiger partial charge in [-0.15, -0.1) is 0 Å². The largest absolute Gasteiger partial charge is 0.452 e. The van der Waals surface area contributed by atoms with Gasteiger partial charge in [-0.25, -0.2) is 18.4 Å².